The number of amides is 1. The van der Waals surface area contributed by atoms with E-state index in [2.05, 4.69) is 21.2 Å². The van der Waals surface area contributed by atoms with Gasteiger partial charge in [0.25, 0.3) is 0 Å². The molecule has 1 aliphatic rings. The van der Waals surface area contributed by atoms with Crippen molar-refractivity contribution in [2.45, 2.75) is 6.42 Å². The van der Waals surface area contributed by atoms with Crippen molar-refractivity contribution in [2.24, 2.45) is 5.92 Å². The zero-order valence-corrected chi connectivity index (χ0v) is 12.2. The summed E-state index contributed by atoms with van der Waals surface area (Å²) in [6.07, 6.45) is 0.917. The first-order chi connectivity index (χ1) is 8.63. The minimum Gasteiger partial charge on any atom is -0.496 e. The highest BCUT2D eigenvalue weighted by Gasteiger charge is 2.26. The molecule has 1 aliphatic heterocycles. The third-order valence-electron chi connectivity index (χ3n) is 3.26. The van der Waals surface area contributed by atoms with E-state index in [1.807, 2.05) is 25.2 Å². The molecule has 0 bridgehead atoms. The Bertz CT molecular complexity index is 445. The smallest absolute Gasteiger partial charge is 0.231 e. The summed E-state index contributed by atoms with van der Waals surface area (Å²) in [5, 5.41) is 3.21. The fourth-order valence-electron chi connectivity index (χ4n) is 2.13. The van der Waals surface area contributed by atoms with E-state index in [1.54, 1.807) is 12.0 Å². The third kappa shape index (κ3) is 2.67. The SMILES string of the molecule is COc1ccc(N(C)C(=O)C2CCNC2)cc1Br. The van der Waals surface area contributed by atoms with Crippen molar-refractivity contribution in [3.8, 4) is 5.75 Å². The van der Waals surface area contributed by atoms with Gasteiger partial charge in [0.2, 0.25) is 5.91 Å². The van der Waals surface area contributed by atoms with Crippen LogP contribution in [0.15, 0.2) is 22.7 Å². The average molecular weight is 313 g/mol. The van der Waals surface area contributed by atoms with Gasteiger partial charge in [0.05, 0.1) is 17.5 Å². The number of ether oxygens (including phenoxy) is 1. The summed E-state index contributed by atoms with van der Waals surface area (Å²) in [6, 6.07) is 5.65. The average Bonchev–Trinajstić information content (AvgIpc) is 2.90. The van der Waals surface area contributed by atoms with Crippen LogP contribution in [0, 0.1) is 5.92 Å². The van der Waals surface area contributed by atoms with Crippen molar-refractivity contribution in [3.05, 3.63) is 22.7 Å². The number of nitrogens with one attached hydrogen (secondary N) is 1. The van der Waals surface area contributed by atoms with Crippen molar-refractivity contribution >= 4 is 27.5 Å². The number of methoxy groups -OCH3 is 1. The van der Waals surface area contributed by atoms with Crippen LogP contribution in [0.2, 0.25) is 0 Å². The fraction of sp³-hybridized carbons (Fsp3) is 0.462. The molecule has 1 N–H and O–H groups in total. The molecule has 0 aromatic heterocycles. The minimum atomic E-state index is 0.0934. The molecule has 0 saturated carbocycles. The molecular formula is C13H17BrN2O2. The molecule has 1 aromatic carbocycles. The van der Waals surface area contributed by atoms with Gasteiger partial charge in [-0.1, -0.05) is 0 Å². The Balaban J connectivity index is 2.15. The number of benzene rings is 1. The number of rotatable bonds is 3. The molecule has 0 spiro atoms. The van der Waals surface area contributed by atoms with E-state index in [0.29, 0.717) is 0 Å². The predicted molar refractivity (Wildman–Crippen MR) is 75.1 cm³/mol. The van der Waals surface area contributed by atoms with Gasteiger partial charge >= 0.3 is 0 Å². The summed E-state index contributed by atoms with van der Waals surface area (Å²) in [5.74, 6) is 1.02. The normalized spacial score (nSPS) is 18.7. The molecule has 1 heterocycles. The van der Waals surface area contributed by atoms with Gasteiger partial charge in [-0.3, -0.25) is 4.79 Å². The van der Waals surface area contributed by atoms with Crippen LogP contribution in [0.5, 0.6) is 5.75 Å². The van der Waals surface area contributed by atoms with E-state index in [0.717, 1.165) is 35.4 Å². The molecule has 4 nitrogen and oxygen atoms in total. The first-order valence-corrected chi connectivity index (χ1v) is 6.74. The zero-order chi connectivity index (χ0) is 13.1. The molecule has 1 saturated heterocycles. The predicted octanol–water partition coefficient (Wildman–Crippen LogP) is 2.03. The Morgan fingerprint density at radius 2 is 2.33 bits per heavy atom. The Hall–Kier alpha value is -1.07. The lowest BCUT2D eigenvalue weighted by molar-refractivity contribution is -0.121. The van der Waals surface area contributed by atoms with E-state index < -0.39 is 0 Å². The van der Waals surface area contributed by atoms with Gasteiger partial charge < -0.3 is 15.0 Å². The molecule has 18 heavy (non-hydrogen) atoms. The molecule has 1 amide bonds. The van der Waals surface area contributed by atoms with E-state index in [4.69, 9.17) is 4.74 Å². The second-order valence-electron chi connectivity index (χ2n) is 4.41. The van der Waals surface area contributed by atoms with Gasteiger partial charge in [-0.15, -0.1) is 0 Å². The molecule has 0 aliphatic carbocycles. The van der Waals surface area contributed by atoms with E-state index in [9.17, 15) is 4.79 Å². The van der Waals surface area contributed by atoms with Crippen molar-refractivity contribution in [1.82, 2.24) is 5.32 Å². The van der Waals surface area contributed by atoms with Crippen molar-refractivity contribution in [3.63, 3.8) is 0 Å². The van der Waals surface area contributed by atoms with Crippen LogP contribution in [0.4, 0.5) is 5.69 Å². The molecule has 1 fully saturated rings. The van der Waals surface area contributed by atoms with Gasteiger partial charge in [-0.2, -0.15) is 0 Å². The lowest BCUT2D eigenvalue weighted by Crippen LogP contribution is -2.33. The van der Waals surface area contributed by atoms with E-state index in [-0.39, 0.29) is 11.8 Å². The quantitative estimate of drug-likeness (QED) is 0.928. The number of nitrogens with zero attached hydrogens (tertiary/aromatic N) is 1. The number of halogens is 1. The maximum atomic E-state index is 12.3. The highest BCUT2D eigenvalue weighted by atomic mass is 79.9. The fourth-order valence-corrected chi connectivity index (χ4v) is 2.66. The first kappa shape index (κ1) is 13.4. The maximum Gasteiger partial charge on any atom is 0.231 e. The second kappa shape index (κ2) is 5.71. The number of hydrogen-bond acceptors (Lipinski definition) is 3. The van der Waals surface area contributed by atoms with Crippen molar-refractivity contribution in [1.29, 1.82) is 0 Å². The first-order valence-electron chi connectivity index (χ1n) is 5.95. The standard InChI is InChI=1S/C13H17BrN2O2/c1-16(13(17)9-5-6-15-8-9)10-3-4-12(18-2)11(14)7-10/h3-4,7,9,15H,5-6,8H2,1-2H3. The number of anilines is 1. The van der Waals surface area contributed by atoms with Gasteiger partial charge in [-0.05, 0) is 47.1 Å². The van der Waals surface area contributed by atoms with Crippen molar-refractivity contribution < 1.29 is 9.53 Å². The van der Waals surface area contributed by atoms with Gasteiger partial charge in [0, 0.05) is 19.3 Å². The lowest BCUT2D eigenvalue weighted by Gasteiger charge is -2.21. The topological polar surface area (TPSA) is 41.6 Å². The van der Waals surface area contributed by atoms with Gasteiger partial charge in [0.1, 0.15) is 5.75 Å². The van der Waals surface area contributed by atoms with E-state index >= 15 is 0 Å². The lowest BCUT2D eigenvalue weighted by atomic mass is 10.1. The zero-order valence-electron chi connectivity index (χ0n) is 10.6. The second-order valence-corrected chi connectivity index (χ2v) is 5.26. The van der Waals surface area contributed by atoms with Crippen LogP contribution in [-0.4, -0.2) is 33.2 Å². The minimum absolute atomic E-state index is 0.0934. The summed E-state index contributed by atoms with van der Waals surface area (Å²) in [5.41, 5.74) is 0.875. The van der Waals surface area contributed by atoms with Crippen LogP contribution in [-0.2, 0) is 4.79 Å². The van der Waals surface area contributed by atoms with Crippen molar-refractivity contribution in [2.75, 3.05) is 32.1 Å². The number of carbonyl (C=O) groups excluding carboxylic acids is 1. The number of hydrogen-bond donors (Lipinski definition) is 1. The molecule has 1 unspecified atom stereocenters. The molecular weight excluding hydrogens is 296 g/mol. The maximum absolute atomic E-state index is 12.3. The molecule has 98 valence electrons. The summed E-state index contributed by atoms with van der Waals surface area (Å²) >= 11 is 3.43. The van der Waals surface area contributed by atoms with Gasteiger partial charge in [-0.25, -0.2) is 0 Å². The Morgan fingerprint density at radius 1 is 1.56 bits per heavy atom. The van der Waals surface area contributed by atoms with Crippen LogP contribution < -0.4 is 15.0 Å². The van der Waals surface area contributed by atoms with Crippen LogP contribution in [0.1, 0.15) is 6.42 Å². The third-order valence-corrected chi connectivity index (χ3v) is 3.88. The number of carbonyl (C=O) groups is 1. The Labute approximate surface area is 115 Å². The highest BCUT2D eigenvalue weighted by molar-refractivity contribution is 9.10. The Morgan fingerprint density at radius 3 is 2.89 bits per heavy atom. The van der Waals surface area contributed by atoms with E-state index in [1.165, 1.54) is 0 Å². The largest absolute Gasteiger partial charge is 0.496 e. The summed E-state index contributed by atoms with van der Waals surface area (Å²) in [4.78, 5) is 14.0. The Kier molecular flexibility index (Phi) is 4.24. The highest BCUT2D eigenvalue weighted by Crippen LogP contribution is 2.29. The molecule has 1 aromatic rings. The molecule has 2 rings (SSSR count). The molecule has 5 heteroatoms. The monoisotopic (exact) mass is 312 g/mol. The molecule has 1 atom stereocenters. The van der Waals surface area contributed by atoms with Crippen LogP contribution >= 0.6 is 15.9 Å². The van der Waals surface area contributed by atoms with Crippen LogP contribution in [0.25, 0.3) is 0 Å². The van der Waals surface area contributed by atoms with Crippen LogP contribution in [0.3, 0.4) is 0 Å². The van der Waals surface area contributed by atoms with Gasteiger partial charge in [0.15, 0.2) is 0 Å². The summed E-state index contributed by atoms with van der Waals surface area (Å²) < 4.78 is 6.03. The summed E-state index contributed by atoms with van der Waals surface area (Å²) in [7, 11) is 3.44. The molecule has 0 radical (unpaired) electrons. The summed E-state index contributed by atoms with van der Waals surface area (Å²) in [6.45, 7) is 1.71.